The number of allylic oxidation sites excluding steroid dienone is 1. The zero-order valence-corrected chi connectivity index (χ0v) is 14.2. The molecule has 120 valence electrons. The number of nitrogens with one attached hydrogen (secondary N) is 2. The molecule has 1 aliphatic rings. The first-order valence-corrected chi connectivity index (χ1v) is 7.88. The summed E-state index contributed by atoms with van der Waals surface area (Å²) < 4.78 is 7.28. The van der Waals surface area contributed by atoms with E-state index in [4.69, 9.17) is 28.6 Å². The summed E-state index contributed by atoms with van der Waals surface area (Å²) in [6, 6.07) is 6.88. The maximum Gasteiger partial charge on any atom is 0.338 e. The molecule has 0 radical (unpaired) electrons. The summed E-state index contributed by atoms with van der Waals surface area (Å²) in [6.07, 6.45) is 0. The summed E-state index contributed by atoms with van der Waals surface area (Å²) in [6.45, 7) is 3.89. The number of rotatable bonds is 3. The predicted octanol–water partition coefficient (Wildman–Crippen LogP) is 3.45. The minimum absolute atomic E-state index is 0.301. The van der Waals surface area contributed by atoms with E-state index < -0.39 is 6.04 Å². The average molecular weight is 351 g/mol. The number of anilines is 1. The number of hydrogen-bond donors (Lipinski definition) is 2. The van der Waals surface area contributed by atoms with Gasteiger partial charge in [-0.25, -0.2) is 9.48 Å². The van der Waals surface area contributed by atoms with Crippen molar-refractivity contribution in [2.75, 3.05) is 11.9 Å². The van der Waals surface area contributed by atoms with Crippen LogP contribution in [0.3, 0.4) is 0 Å². The molecule has 0 aliphatic carbocycles. The van der Waals surface area contributed by atoms with Gasteiger partial charge in [0.2, 0.25) is 10.7 Å². The lowest BCUT2D eigenvalue weighted by molar-refractivity contribution is -0.139. The van der Waals surface area contributed by atoms with Gasteiger partial charge in [0, 0.05) is 10.7 Å². The Bertz CT molecular complexity index is 838. The van der Waals surface area contributed by atoms with Crippen molar-refractivity contribution in [3.05, 3.63) is 50.9 Å². The molecule has 1 atom stereocenters. The SMILES string of the molecule is CCOC(=O)C1=C(C)Nc2nc(=S)[nH]n2C1c1ccc(Cl)cc1. The van der Waals surface area contributed by atoms with Crippen LogP contribution in [0.2, 0.25) is 5.02 Å². The molecule has 0 spiro atoms. The van der Waals surface area contributed by atoms with E-state index in [0.29, 0.717) is 33.6 Å². The number of benzene rings is 1. The quantitative estimate of drug-likeness (QED) is 0.655. The van der Waals surface area contributed by atoms with Gasteiger partial charge in [-0.15, -0.1) is 0 Å². The minimum Gasteiger partial charge on any atom is -0.463 e. The molecule has 0 fully saturated rings. The Morgan fingerprint density at radius 2 is 2.13 bits per heavy atom. The third kappa shape index (κ3) is 2.89. The maximum atomic E-state index is 12.5. The molecule has 3 rings (SSSR count). The molecule has 1 aromatic carbocycles. The normalized spacial score (nSPS) is 16.7. The van der Waals surface area contributed by atoms with Crippen LogP contribution in [0.25, 0.3) is 0 Å². The van der Waals surface area contributed by atoms with Crippen molar-refractivity contribution >= 4 is 35.7 Å². The summed E-state index contributed by atoms with van der Waals surface area (Å²) in [7, 11) is 0. The van der Waals surface area contributed by atoms with Gasteiger partial charge in [0.05, 0.1) is 12.2 Å². The Kier molecular flexibility index (Phi) is 4.23. The highest BCUT2D eigenvalue weighted by atomic mass is 35.5. The van der Waals surface area contributed by atoms with Crippen molar-refractivity contribution in [3.63, 3.8) is 0 Å². The van der Waals surface area contributed by atoms with E-state index >= 15 is 0 Å². The van der Waals surface area contributed by atoms with E-state index in [2.05, 4.69) is 15.4 Å². The molecule has 2 heterocycles. The molecule has 8 heteroatoms. The van der Waals surface area contributed by atoms with Crippen LogP contribution in [0.5, 0.6) is 0 Å². The number of carbonyl (C=O) groups excluding carboxylic acids is 1. The van der Waals surface area contributed by atoms with Crippen LogP contribution >= 0.6 is 23.8 Å². The van der Waals surface area contributed by atoms with Gasteiger partial charge in [0.1, 0.15) is 6.04 Å². The van der Waals surface area contributed by atoms with Crippen LogP contribution in [0.1, 0.15) is 25.5 Å². The van der Waals surface area contributed by atoms with Gasteiger partial charge < -0.3 is 10.1 Å². The Morgan fingerprint density at radius 3 is 2.78 bits per heavy atom. The number of esters is 1. The first-order chi connectivity index (χ1) is 11.0. The highest BCUT2D eigenvalue weighted by Crippen LogP contribution is 2.35. The molecule has 1 aliphatic heterocycles. The first kappa shape index (κ1) is 15.8. The van der Waals surface area contributed by atoms with E-state index in [1.54, 1.807) is 23.7 Å². The molecule has 2 aromatic rings. The Hall–Kier alpha value is -2.12. The van der Waals surface area contributed by atoms with Gasteiger partial charge in [-0.1, -0.05) is 23.7 Å². The number of halogens is 1. The predicted molar refractivity (Wildman–Crippen MR) is 90.0 cm³/mol. The second-order valence-corrected chi connectivity index (χ2v) is 5.88. The molecule has 0 amide bonds. The van der Waals surface area contributed by atoms with Gasteiger partial charge in [-0.3, -0.25) is 5.10 Å². The Balaban J connectivity index is 2.17. The summed E-state index contributed by atoms with van der Waals surface area (Å²) in [5, 5.41) is 6.70. The lowest BCUT2D eigenvalue weighted by Gasteiger charge is -2.28. The van der Waals surface area contributed by atoms with Gasteiger partial charge in [-0.05, 0) is 43.8 Å². The fourth-order valence-electron chi connectivity index (χ4n) is 2.61. The van der Waals surface area contributed by atoms with Crippen molar-refractivity contribution in [2.24, 2.45) is 0 Å². The topological polar surface area (TPSA) is 71.9 Å². The molecule has 0 saturated heterocycles. The summed E-state index contributed by atoms with van der Waals surface area (Å²) >= 11 is 11.1. The molecule has 0 bridgehead atoms. The lowest BCUT2D eigenvalue weighted by atomic mass is 9.96. The number of H-pyrrole nitrogens is 1. The molecule has 2 N–H and O–H groups in total. The van der Waals surface area contributed by atoms with E-state index in [9.17, 15) is 4.79 Å². The standard InChI is InChI=1S/C15H15ClN4O2S/c1-3-22-13(21)11-8(2)17-14-18-15(23)19-20(14)12(11)9-4-6-10(16)7-5-9/h4-7,12H,3H2,1-2H3,(H2,17,18,19,23). The molecule has 1 unspecified atom stereocenters. The van der Waals surface area contributed by atoms with E-state index in [-0.39, 0.29) is 5.97 Å². The van der Waals surface area contributed by atoms with Crippen molar-refractivity contribution in [1.82, 2.24) is 14.8 Å². The third-order valence-electron chi connectivity index (χ3n) is 3.57. The maximum absolute atomic E-state index is 12.5. The van der Waals surface area contributed by atoms with Crippen LogP contribution in [0.4, 0.5) is 5.95 Å². The number of aromatic amines is 1. The van der Waals surface area contributed by atoms with Crippen LogP contribution in [0, 0.1) is 4.77 Å². The zero-order chi connectivity index (χ0) is 16.6. The molecular formula is C15H15ClN4O2S. The number of ether oxygens (including phenoxy) is 1. The van der Waals surface area contributed by atoms with Gasteiger partial charge in [-0.2, -0.15) is 4.98 Å². The molecule has 1 aromatic heterocycles. The van der Waals surface area contributed by atoms with Crippen molar-refractivity contribution in [3.8, 4) is 0 Å². The number of nitrogens with zero attached hydrogens (tertiary/aromatic N) is 2. The highest BCUT2D eigenvalue weighted by Gasteiger charge is 2.33. The van der Waals surface area contributed by atoms with Gasteiger partial charge >= 0.3 is 5.97 Å². The molecule has 6 nitrogen and oxygen atoms in total. The first-order valence-electron chi connectivity index (χ1n) is 7.10. The van der Waals surface area contributed by atoms with E-state index in [0.717, 1.165) is 5.56 Å². The molecular weight excluding hydrogens is 336 g/mol. The fourth-order valence-corrected chi connectivity index (χ4v) is 2.92. The van der Waals surface area contributed by atoms with Crippen molar-refractivity contribution in [2.45, 2.75) is 19.9 Å². The van der Waals surface area contributed by atoms with E-state index in [1.807, 2.05) is 19.1 Å². The highest BCUT2D eigenvalue weighted by molar-refractivity contribution is 7.71. The Morgan fingerprint density at radius 1 is 1.43 bits per heavy atom. The van der Waals surface area contributed by atoms with Crippen molar-refractivity contribution < 1.29 is 9.53 Å². The third-order valence-corrected chi connectivity index (χ3v) is 4.00. The van der Waals surface area contributed by atoms with Crippen LogP contribution in [-0.4, -0.2) is 27.3 Å². The second-order valence-electron chi connectivity index (χ2n) is 5.06. The van der Waals surface area contributed by atoms with Crippen LogP contribution < -0.4 is 5.32 Å². The number of carbonyl (C=O) groups is 1. The molecule has 23 heavy (non-hydrogen) atoms. The lowest BCUT2D eigenvalue weighted by Crippen LogP contribution is -2.29. The average Bonchev–Trinajstić information content (AvgIpc) is 2.86. The van der Waals surface area contributed by atoms with Crippen LogP contribution in [-0.2, 0) is 9.53 Å². The number of fused-ring (bicyclic) bond motifs is 1. The largest absolute Gasteiger partial charge is 0.463 e. The summed E-state index contributed by atoms with van der Waals surface area (Å²) in [5.41, 5.74) is 2.07. The summed E-state index contributed by atoms with van der Waals surface area (Å²) in [4.78, 5) is 16.7. The monoisotopic (exact) mass is 350 g/mol. The minimum atomic E-state index is -0.410. The van der Waals surface area contributed by atoms with Gasteiger partial charge in [0.15, 0.2) is 0 Å². The second kappa shape index (κ2) is 6.17. The van der Waals surface area contributed by atoms with Crippen molar-refractivity contribution in [1.29, 1.82) is 0 Å². The smallest absolute Gasteiger partial charge is 0.338 e. The zero-order valence-electron chi connectivity index (χ0n) is 12.6. The molecule has 0 saturated carbocycles. The fraction of sp³-hybridized carbons (Fsp3) is 0.267. The number of hydrogen-bond acceptors (Lipinski definition) is 5. The van der Waals surface area contributed by atoms with Gasteiger partial charge in [0.25, 0.3) is 0 Å². The number of aromatic nitrogens is 3. The Labute approximate surface area is 143 Å². The van der Waals surface area contributed by atoms with E-state index in [1.165, 1.54) is 0 Å². The van der Waals surface area contributed by atoms with Crippen LogP contribution in [0.15, 0.2) is 35.5 Å². The summed E-state index contributed by atoms with van der Waals surface area (Å²) in [5.74, 6) is 0.177.